The molecule has 7 heteroatoms. The minimum atomic E-state index is -0.508. The van der Waals surface area contributed by atoms with E-state index in [0.717, 1.165) is 30.0 Å². The lowest BCUT2D eigenvalue weighted by Crippen LogP contribution is -2.49. The molecule has 0 bridgehead atoms. The zero-order valence-corrected chi connectivity index (χ0v) is 20.2. The van der Waals surface area contributed by atoms with E-state index >= 15 is 0 Å². The fourth-order valence-corrected chi connectivity index (χ4v) is 4.96. The summed E-state index contributed by atoms with van der Waals surface area (Å²) in [5.74, 6) is -0.387. The lowest BCUT2D eigenvalue weighted by atomic mass is 9.95. The molecule has 36 heavy (non-hydrogen) atoms. The van der Waals surface area contributed by atoms with Gasteiger partial charge in [-0.25, -0.2) is 4.39 Å². The highest BCUT2D eigenvalue weighted by Crippen LogP contribution is 2.34. The molecule has 1 aliphatic rings. The fourth-order valence-electron chi connectivity index (χ4n) is 4.96. The number of benzene rings is 2. The Morgan fingerprint density at radius 3 is 2.31 bits per heavy atom. The summed E-state index contributed by atoms with van der Waals surface area (Å²) in [4.78, 5) is 22.8. The van der Waals surface area contributed by atoms with Crippen molar-refractivity contribution in [2.24, 2.45) is 0 Å². The molecule has 2 aromatic heterocycles. The van der Waals surface area contributed by atoms with Gasteiger partial charge in [0.1, 0.15) is 11.6 Å². The number of nitrogens with zero attached hydrogens (tertiary/aromatic N) is 4. The Morgan fingerprint density at radius 2 is 1.64 bits per heavy atom. The van der Waals surface area contributed by atoms with Crippen molar-refractivity contribution in [2.75, 3.05) is 31.1 Å². The molecule has 2 aromatic carbocycles. The summed E-state index contributed by atoms with van der Waals surface area (Å²) in [5.41, 5.74) is 3.37. The van der Waals surface area contributed by atoms with Crippen LogP contribution in [-0.2, 0) is 6.54 Å². The Balaban J connectivity index is 1.53. The van der Waals surface area contributed by atoms with E-state index in [9.17, 15) is 14.3 Å². The van der Waals surface area contributed by atoms with Gasteiger partial charge >= 0.3 is 0 Å². The number of aromatic hydroxyl groups is 1. The third-order valence-corrected chi connectivity index (χ3v) is 6.83. The van der Waals surface area contributed by atoms with Crippen LogP contribution < -0.4 is 10.5 Å². The first-order valence-electron chi connectivity index (χ1n) is 12.1. The van der Waals surface area contributed by atoms with E-state index in [1.54, 1.807) is 35.9 Å². The van der Waals surface area contributed by atoms with Crippen LogP contribution in [0.5, 0.6) is 5.75 Å². The van der Waals surface area contributed by atoms with Crippen LogP contribution in [-0.4, -0.2) is 45.7 Å². The number of rotatable bonds is 6. The number of piperazine rings is 1. The first-order chi connectivity index (χ1) is 17.5. The van der Waals surface area contributed by atoms with Gasteiger partial charge in [0, 0.05) is 43.8 Å². The van der Waals surface area contributed by atoms with Gasteiger partial charge in [0.15, 0.2) is 0 Å². The first kappa shape index (κ1) is 23.8. The van der Waals surface area contributed by atoms with E-state index in [4.69, 9.17) is 0 Å². The van der Waals surface area contributed by atoms with Gasteiger partial charge in [-0.05, 0) is 55.0 Å². The summed E-state index contributed by atoms with van der Waals surface area (Å²) >= 11 is 0. The van der Waals surface area contributed by atoms with Crippen molar-refractivity contribution in [3.63, 3.8) is 0 Å². The number of aryl methyl sites for hydroxylation is 1. The van der Waals surface area contributed by atoms with Crippen LogP contribution in [0.1, 0.15) is 28.6 Å². The molecule has 1 saturated heterocycles. The fraction of sp³-hybridized carbons (Fsp3) is 0.241. The number of halogens is 1. The molecule has 0 amide bonds. The van der Waals surface area contributed by atoms with Crippen LogP contribution >= 0.6 is 0 Å². The van der Waals surface area contributed by atoms with Crippen LogP contribution in [0.2, 0.25) is 0 Å². The Hall–Kier alpha value is -3.97. The molecular weight excluding hydrogens is 455 g/mol. The monoisotopic (exact) mass is 484 g/mol. The minimum Gasteiger partial charge on any atom is -0.507 e. The molecule has 1 aliphatic heterocycles. The number of anilines is 1. The van der Waals surface area contributed by atoms with Crippen molar-refractivity contribution in [3.8, 4) is 5.75 Å². The van der Waals surface area contributed by atoms with E-state index in [1.807, 2.05) is 36.4 Å². The SMILES string of the molecule is Cc1cc(O)c([C@@H](c2ccc(F)cc2)N2CCN(c3ccccc3)CC2)c(=O)n1Cc1ccccn1. The summed E-state index contributed by atoms with van der Waals surface area (Å²) in [5, 5.41) is 11.1. The number of pyridine rings is 2. The predicted octanol–water partition coefficient (Wildman–Crippen LogP) is 4.36. The second kappa shape index (κ2) is 10.3. The lowest BCUT2D eigenvalue weighted by Gasteiger charge is -2.40. The predicted molar refractivity (Wildman–Crippen MR) is 139 cm³/mol. The average Bonchev–Trinajstić information content (AvgIpc) is 2.91. The van der Waals surface area contributed by atoms with Crippen LogP contribution in [0, 0.1) is 12.7 Å². The van der Waals surface area contributed by atoms with Gasteiger partial charge in [-0.15, -0.1) is 0 Å². The molecule has 1 atom stereocenters. The second-order valence-electron chi connectivity index (χ2n) is 9.11. The van der Waals surface area contributed by atoms with Gasteiger partial charge in [-0.2, -0.15) is 0 Å². The number of aromatic nitrogens is 2. The summed E-state index contributed by atoms with van der Waals surface area (Å²) in [6, 6.07) is 23.2. The van der Waals surface area contributed by atoms with Gasteiger partial charge in [-0.3, -0.25) is 14.7 Å². The van der Waals surface area contributed by atoms with E-state index in [-0.39, 0.29) is 17.1 Å². The van der Waals surface area contributed by atoms with Gasteiger partial charge < -0.3 is 14.6 Å². The molecule has 5 rings (SSSR count). The Bertz CT molecular complexity index is 1370. The van der Waals surface area contributed by atoms with Crippen LogP contribution in [0.4, 0.5) is 10.1 Å². The minimum absolute atomic E-state index is 0.0467. The topological polar surface area (TPSA) is 61.6 Å². The van der Waals surface area contributed by atoms with E-state index in [2.05, 4.69) is 26.9 Å². The standard InChI is InChI=1S/C29H29FN4O2/c1-21-19-26(35)27(29(36)34(21)20-24-7-5-6-14-31-24)28(22-10-12-23(30)13-11-22)33-17-15-32(16-18-33)25-8-3-2-4-9-25/h2-14,19,28,35H,15-18,20H2,1H3/t28-/m1/s1. The first-order valence-corrected chi connectivity index (χ1v) is 12.1. The quantitative estimate of drug-likeness (QED) is 0.441. The summed E-state index contributed by atoms with van der Waals surface area (Å²) in [7, 11) is 0. The van der Waals surface area contributed by atoms with Gasteiger partial charge in [0.05, 0.1) is 23.8 Å². The van der Waals surface area contributed by atoms with E-state index in [1.165, 1.54) is 12.1 Å². The average molecular weight is 485 g/mol. The molecule has 0 spiro atoms. The number of hydrogen-bond acceptors (Lipinski definition) is 5. The molecule has 0 aliphatic carbocycles. The molecule has 1 fully saturated rings. The molecule has 184 valence electrons. The van der Waals surface area contributed by atoms with Crippen LogP contribution in [0.25, 0.3) is 0 Å². The van der Waals surface area contributed by atoms with Gasteiger partial charge in [0.25, 0.3) is 5.56 Å². The van der Waals surface area contributed by atoms with Crippen molar-refractivity contribution >= 4 is 5.69 Å². The van der Waals surface area contributed by atoms with Crippen molar-refractivity contribution < 1.29 is 9.50 Å². The maximum Gasteiger partial charge on any atom is 0.260 e. The zero-order valence-electron chi connectivity index (χ0n) is 20.2. The Morgan fingerprint density at radius 1 is 0.944 bits per heavy atom. The van der Waals surface area contributed by atoms with Crippen molar-refractivity contribution in [3.05, 3.63) is 124 Å². The molecule has 3 heterocycles. The van der Waals surface area contributed by atoms with Crippen molar-refractivity contribution in [1.82, 2.24) is 14.5 Å². The molecule has 1 N–H and O–H groups in total. The van der Waals surface area contributed by atoms with Crippen LogP contribution in [0.15, 0.2) is 89.9 Å². The van der Waals surface area contributed by atoms with Gasteiger partial charge in [-0.1, -0.05) is 36.4 Å². The lowest BCUT2D eigenvalue weighted by molar-refractivity contribution is 0.207. The molecule has 0 radical (unpaired) electrons. The maximum absolute atomic E-state index is 13.9. The molecule has 6 nitrogen and oxygen atoms in total. The maximum atomic E-state index is 13.9. The highest BCUT2D eigenvalue weighted by molar-refractivity contribution is 5.47. The van der Waals surface area contributed by atoms with Crippen LogP contribution in [0.3, 0.4) is 0 Å². The smallest absolute Gasteiger partial charge is 0.260 e. The summed E-state index contributed by atoms with van der Waals surface area (Å²) < 4.78 is 15.5. The Kier molecular flexibility index (Phi) is 6.82. The third-order valence-electron chi connectivity index (χ3n) is 6.83. The van der Waals surface area contributed by atoms with Gasteiger partial charge in [0.2, 0.25) is 0 Å². The van der Waals surface area contributed by atoms with E-state index < -0.39 is 6.04 Å². The normalized spacial score (nSPS) is 15.1. The highest BCUT2D eigenvalue weighted by atomic mass is 19.1. The molecule has 0 unspecified atom stereocenters. The van der Waals surface area contributed by atoms with Crippen molar-refractivity contribution in [1.29, 1.82) is 0 Å². The highest BCUT2D eigenvalue weighted by Gasteiger charge is 2.31. The molecular formula is C29H29FN4O2. The largest absolute Gasteiger partial charge is 0.507 e. The van der Waals surface area contributed by atoms with Crippen molar-refractivity contribution in [2.45, 2.75) is 19.5 Å². The summed E-state index contributed by atoms with van der Waals surface area (Å²) in [6.45, 7) is 5.02. The molecule has 4 aromatic rings. The summed E-state index contributed by atoms with van der Waals surface area (Å²) in [6.07, 6.45) is 1.70. The third kappa shape index (κ3) is 4.88. The molecule has 0 saturated carbocycles. The zero-order chi connectivity index (χ0) is 25.1. The number of hydrogen-bond donors (Lipinski definition) is 1. The Labute approximate surface area is 209 Å². The second-order valence-corrected chi connectivity index (χ2v) is 9.11. The number of para-hydroxylation sites is 1. The van der Waals surface area contributed by atoms with E-state index in [0.29, 0.717) is 30.9 Å².